The van der Waals surface area contributed by atoms with E-state index in [1.165, 1.54) is 6.20 Å². The Kier molecular flexibility index (Phi) is 5.47. The number of nitrogens with one attached hydrogen (secondary N) is 2. The van der Waals surface area contributed by atoms with Gasteiger partial charge in [-0.3, -0.25) is 4.79 Å². The van der Waals surface area contributed by atoms with Crippen LogP contribution in [0.2, 0.25) is 0 Å². The van der Waals surface area contributed by atoms with Crippen LogP contribution in [0.4, 0.5) is 0 Å². The van der Waals surface area contributed by atoms with E-state index in [-0.39, 0.29) is 11.6 Å². The highest BCUT2D eigenvalue weighted by molar-refractivity contribution is 5.97. The number of hydrogen-bond donors (Lipinski definition) is 2. The molecule has 1 aliphatic carbocycles. The molecule has 1 aromatic carbocycles. The normalized spacial score (nSPS) is 15.3. The van der Waals surface area contributed by atoms with Gasteiger partial charge >= 0.3 is 0 Å². The molecule has 6 heteroatoms. The number of rotatable bonds is 7. The minimum absolute atomic E-state index is 0.0734. The Balaban J connectivity index is 2.05. The number of methoxy groups -OCH3 is 2. The Labute approximate surface area is 136 Å². The highest BCUT2D eigenvalue weighted by Gasteiger charge is 2.21. The molecule has 0 bridgehead atoms. The summed E-state index contributed by atoms with van der Waals surface area (Å²) in [5.74, 6) is 0.821. The second-order valence-corrected chi connectivity index (χ2v) is 5.42. The van der Waals surface area contributed by atoms with Gasteiger partial charge in [0.25, 0.3) is 5.91 Å². The van der Waals surface area contributed by atoms with Gasteiger partial charge in [0, 0.05) is 12.2 Å². The van der Waals surface area contributed by atoms with Gasteiger partial charge in [0.05, 0.1) is 20.3 Å². The van der Waals surface area contributed by atoms with Gasteiger partial charge < -0.3 is 20.1 Å². The predicted octanol–water partition coefficient (Wildman–Crippen LogP) is 2.04. The molecule has 1 fully saturated rings. The number of carbonyl (C=O) groups excluding carboxylic acids is 1. The zero-order chi connectivity index (χ0) is 16.8. The first-order chi connectivity index (χ1) is 11.1. The molecule has 0 saturated heterocycles. The van der Waals surface area contributed by atoms with Crippen molar-refractivity contribution in [1.82, 2.24) is 10.6 Å². The lowest BCUT2D eigenvalue weighted by molar-refractivity contribution is -0.117. The minimum Gasteiger partial charge on any atom is -0.493 e. The Morgan fingerprint density at radius 1 is 1.35 bits per heavy atom. The molecule has 0 heterocycles. The third-order valence-electron chi connectivity index (χ3n) is 3.66. The number of nitrogens with zero attached hydrogens (tertiary/aromatic N) is 1. The van der Waals surface area contributed by atoms with Crippen LogP contribution in [0.15, 0.2) is 30.0 Å². The fourth-order valence-corrected chi connectivity index (χ4v) is 2.08. The van der Waals surface area contributed by atoms with Gasteiger partial charge in [-0.05, 0) is 37.5 Å². The summed E-state index contributed by atoms with van der Waals surface area (Å²) in [5, 5.41) is 15.0. The average Bonchev–Trinajstić information content (AvgIpc) is 3.38. The van der Waals surface area contributed by atoms with E-state index < -0.39 is 5.91 Å². The lowest BCUT2D eigenvalue weighted by atomic mass is 10.1. The number of nitriles is 1. The quantitative estimate of drug-likeness (QED) is 0.594. The monoisotopic (exact) mass is 315 g/mol. The zero-order valence-electron chi connectivity index (χ0n) is 13.6. The topological polar surface area (TPSA) is 83.4 Å². The standard InChI is InChI=1S/C17H21N3O3/c1-11(12-4-7-15(22-2)16(8-12)23-3)20-17(21)13(9-18)10-19-14-5-6-14/h4,7-8,10-11,14,19H,5-6H2,1-3H3,(H,20,21)/b13-10-. The van der Waals surface area contributed by atoms with Crippen molar-refractivity contribution in [2.24, 2.45) is 0 Å². The highest BCUT2D eigenvalue weighted by atomic mass is 16.5. The molecule has 1 aromatic rings. The number of carbonyl (C=O) groups is 1. The SMILES string of the molecule is COc1ccc(C(C)NC(=O)/C(C#N)=C\NC2CC2)cc1OC. The molecule has 1 atom stereocenters. The second-order valence-electron chi connectivity index (χ2n) is 5.42. The second kappa shape index (κ2) is 7.54. The Hall–Kier alpha value is -2.68. The van der Waals surface area contributed by atoms with Gasteiger partial charge in [-0.25, -0.2) is 0 Å². The van der Waals surface area contributed by atoms with E-state index in [2.05, 4.69) is 10.6 Å². The molecular formula is C17H21N3O3. The van der Waals surface area contributed by atoms with Crippen molar-refractivity contribution in [2.75, 3.05) is 14.2 Å². The predicted molar refractivity (Wildman–Crippen MR) is 86.0 cm³/mol. The first-order valence-corrected chi connectivity index (χ1v) is 7.48. The van der Waals surface area contributed by atoms with Gasteiger partial charge in [0.2, 0.25) is 0 Å². The van der Waals surface area contributed by atoms with Crippen LogP contribution < -0.4 is 20.1 Å². The van der Waals surface area contributed by atoms with E-state index >= 15 is 0 Å². The van der Waals surface area contributed by atoms with Crippen molar-refractivity contribution in [2.45, 2.75) is 31.8 Å². The molecule has 6 nitrogen and oxygen atoms in total. The Bertz CT molecular complexity index is 645. The van der Waals surface area contributed by atoms with E-state index in [9.17, 15) is 4.79 Å². The molecule has 2 N–H and O–H groups in total. The first-order valence-electron chi connectivity index (χ1n) is 7.48. The molecule has 0 radical (unpaired) electrons. The number of ether oxygens (including phenoxy) is 2. The molecular weight excluding hydrogens is 294 g/mol. The average molecular weight is 315 g/mol. The smallest absolute Gasteiger partial charge is 0.263 e. The Morgan fingerprint density at radius 2 is 2.04 bits per heavy atom. The summed E-state index contributed by atoms with van der Waals surface area (Å²) in [6, 6.07) is 7.50. The van der Waals surface area contributed by atoms with Gasteiger partial charge in [0.15, 0.2) is 11.5 Å². The Morgan fingerprint density at radius 3 is 2.61 bits per heavy atom. The molecule has 0 aromatic heterocycles. The largest absolute Gasteiger partial charge is 0.493 e. The van der Waals surface area contributed by atoms with Crippen LogP contribution in [0.25, 0.3) is 0 Å². The van der Waals surface area contributed by atoms with E-state index in [4.69, 9.17) is 14.7 Å². The van der Waals surface area contributed by atoms with E-state index in [0.29, 0.717) is 17.5 Å². The van der Waals surface area contributed by atoms with Crippen molar-refractivity contribution in [3.8, 4) is 17.6 Å². The first kappa shape index (κ1) is 16.7. The van der Waals surface area contributed by atoms with Crippen molar-refractivity contribution in [1.29, 1.82) is 5.26 Å². The van der Waals surface area contributed by atoms with Crippen LogP contribution >= 0.6 is 0 Å². The molecule has 1 amide bonds. The van der Waals surface area contributed by atoms with Crippen LogP contribution in [-0.2, 0) is 4.79 Å². The van der Waals surface area contributed by atoms with E-state index in [0.717, 1.165) is 18.4 Å². The third kappa shape index (κ3) is 4.39. The van der Waals surface area contributed by atoms with Crippen molar-refractivity contribution in [3.05, 3.63) is 35.5 Å². The van der Waals surface area contributed by atoms with Crippen molar-refractivity contribution in [3.63, 3.8) is 0 Å². The summed E-state index contributed by atoms with van der Waals surface area (Å²) < 4.78 is 10.5. The summed E-state index contributed by atoms with van der Waals surface area (Å²) in [5.41, 5.74) is 0.938. The van der Waals surface area contributed by atoms with Crippen LogP contribution in [0, 0.1) is 11.3 Å². The lowest BCUT2D eigenvalue weighted by Crippen LogP contribution is -2.28. The van der Waals surface area contributed by atoms with Gasteiger partial charge in [-0.1, -0.05) is 6.07 Å². The molecule has 122 valence electrons. The third-order valence-corrected chi connectivity index (χ3v) is 3.66. The maximum absolute atomic E-state index is 12.2. The van der Waals surface area contributed by atoms with Crippen molar-refractivity contribution >= 4 is 5.91 Å². The molecule has 23 heavy (non-hydrogen) atoms. The number of hydrogen-bond acceptors (Lipinski definition) is 5. The van der Waals surface area contributed by atoms with Crippen LogP contribution in [0.3, 0.4) is 0 Å². The van der Waals surface area contributed by atoms with E-state index in [1.54, 1.807) is 20.3 Å². The number of benzene rings is 1. The zero-order valence-corrected chi connectivity index (χ0v) is 13.6. The molecule has 2 rings (SSSR count). The van der Waals surface area contributed by atoms with Gasteiger partial charge in [-0.2, -0.15) is 5.26 Å². The summed E-state index contributed by atoms with van der Waals surface area (Å²) in [4.78, 5) is 12.2. The highest BCUT2D eigenvalue weighted by Crippen LogP contribution is 2.29. The van der Waals surface area contributed by atoms with Crippen LogP contribution in [-0.4, -0.2) is 26.2 Å². The summed E-state index contributed by atoms with van der Waals surface area (Å²) >= 11 is 0. The maximum atomic E-state index is 12.2. The molecule has 1 aliphatic rings. The molecule has 0 aliphatic heterocycles. The van der Waals surface area contributed by atoms with Gasteiger partial charge in [-0.15, -0.1) is 0 Å². The van der Waals surface area contributed by atoms with E-state index in [1.807, 2.05) is 25.1 Å². The number of amides is 1. The maximum Gasteiger partial charge on any atom is 0.263 e. The van der Waals surface area contributed by atoms with Crippen molar-refractivity contribution < 1.29 is 14.3 Å². The fourth-order valence-electron chi connectivity index (χ4n) is 2.08. The van der Waals surface area contributed by atoms with Crippen LogP contribution in [0.1, 0.15) is 31.4 Å². The molecule has 1 unspecified atom stereocenters. The molecule has 0 spiro atoms. The summed E-state index contributed by atoms with van der Waals surface area (Å²) in [6.07, 6.45) is 3.66. The summed E-state index contributed by atoms with van der Waals surface area (Å²) in [7, 11) is 3.13. The minimum atomic E-state index is -0.400. The molecule has 1 saturated carbocycles. The fraction of sp³-hybridized carbons (Fsp3) is 0.412. The summed E-state index contributed by atoms with van der Waals surface area (Å²) in [6.45, 7) is 1.85. The van der Waals surface area contributed by atoms with Gasteiger partial charge in [0.1, 0.15) is 11.6 Å². The lowest BCUT2D eigenvalue weighted by Gasteiger charge is -2.16. The van der Waals surface area contributed by atoms with Crippen LogP contribution in [0.5, 0.6) is 11.5 Å².